The van der Waals surface area contributed by atoms with E-state index in [1.54, 1.807) is 0 Å². The Morgan fingerprint density at radius 2 is 1.13 bits per heavy atom. The molecule has 0 rings (SSSR count). The van der Waals surface area contributed by atoms with Gasteiger partial charge in [-0.2, -0.15) is 0 Å². The number of amides is 1. The predicted octanol–water partition coefficient (Wildman–Crippen LogP) is 3.92. The van der Waals surface area contributed by atoms with Crippen molar-refractivity contribution >= 4 is 5.91 Å². The van der Waals surface area contributed by atoms with Gasteiger partial charge in [0, 0.05) is 6.42 Å². The molecule has 0 saturated heterocycles. The molecule has 138 valence electrons. The average molecular weight is 330 g/mol. The number of nitrogens with two attached hydrogens (primary N) is 1. The summed E-state index contributed by atoms with van der Waals surface area (Å²) in [4.78, 5) is 10.6. The number of aliphatic hydroxyl groups is 2. The molecule has 0 bridgehead atoms. The van der Waals surface area contributed by atoms with Crippen LogP contribution in [0.1, 0.15) is 97.3 Å². The number of hydrogen-bond donors (Lipinski definition) is 3. The van der Waals surface area contributed by atoms with E-state index in [0.717, 1.165) is 18.8 Å². The molecular weight excluding hydrogens is 290 g/mol. The molecule has 2 atom stereocenters. The summed E-state index contributed by atoms with van der Waals surface area (Å²) in [7, 11) is 0. The summed E-state index contributed by atoms with van der Waals surface area (Å²) >= 11 is 0. The van der Waals surface area contributed by atoms with Crippen molar-refractivity contribution in [3.05, 3.63) is 0 Å². The van der Waals surface area contributed by atoms with E-state index in [1.807, 2.05) is 0 Å². The molecule has 0 aromatic heterocycles. The van der Waals surface area contributed by atoms with Crippen LogP contribution in [-0.2, 0) is 4.79 Å². The summed E-state index contributed by atoms with van der Waals surface area (Å²) in [6.45, 7) is 4.56. The van der Waals surface area contributed by atoms with Gasteiger partial charge in [-0.1, -0.05) is 71.6 Å². The maximum atomic E-state index is 10.6. The van der Waals surface area contributed by atoms with Crippen LogP contribution in [-0.4, -0.2) is 28.3 Å². The number of primary amides is 1. The van der Waals surface area contributed by atoms with E-state index in [4.69, 9.17) is 5.73 Å². The van der Waals surface area contributed by atoms with Gasteiger partial charge >= 0.3 is 0 Å². The van der Waals surface area contributed by atoms with Gasteiger partial charge in [-0.15, -0.1) is 0 Å². The van der Waals surface area contributed by atoms with Crippen molar-refractivity contribution < 1.29 is 15.0 Å². The van der Waals surface area contributed by atoms with Crippen LogP contribution in [0.15, 0.2) is 0 Å². The zero-order valence-electron chi connectivity index (χ0n) is 15.3. The molecule has 4 nitrogen and oxygen atoms in total. The number of carbonyl (C=O) groups excluding carboxylic acids is 1. The van der Waals surface area contributed by atoms with Gasteiger partial charge in [0.15, 0.2) is 0 Å². The van der Waals surface area contributed by atoms with Crippen LogP contribution >= 0.6 is 0 Å². The van der Waals surface area contributed by atoms with E-state index < -0.39 is 12.2 Å². The molecule has 2 unspecified atom stereocenters. The van der Waals surface area contributed by atoms with Crippen LogP contribution in [0, 0.1) is 5.92 Å². The van der Waals surface area contributed by atoms with E-state index in [-0.39, 0.29) is 12.3 Å². The van der Waals surface area contributed by atoms with E-state index in [9.17, 15) is 15.0 Å². The molecule has 4 N–H and O–H groups in total. The monoisotopic (exact) mass is 329 g/mol. The van der Waals surface area contributed by atoms with Crippen molar-refractivity contribution in [2.24, 2.45) is 11.7 Å². The third-order valence-electron chi connectivity index (χ3n) is 4.40. The highest BCUT2D eigenvalue weighted by molar-refractivity contribution is 5.73. The minimum absolute atomic E-state index is 0.279. The van der Waals surface area contributed by atoms with Crippen molar-refractivity contribution in [3.63, 3.8) is 0 Å². The lowest BCUT2D eigenvalue weighted by atomic mass is 10.00. The molecule has 0 aliphatic carbocycles. The Balaban J connectivity index is 3.34. The third kappa shape index (κ3) is 16.0. The summed E-state index contributed by atoms with van der Waals surface area (Å²) in [6, 6.07) is 0. The minimum atomic E-state index is -0.727. The summed E-state index contributed by atoms with van der Waals surface area (Å²) < 4.78 is 0. The van der Waals surface area contributed by atoms with Crippen molar-refractivity contribution in [2.75, 3.05) is 0 Å². The van der Waals surface area contributed by atoms with Gasteiger partial charge in [-0.25, -0.2) is 0 Å². The molecule has 0 spiro atoms. The number of carbonyl (C=O) groups is 1. The third-order valence-corrected chi connectivity index (χ3v) is 4.40. The summed E-state index contributed by atoms with van der Waals surface area (Å²) in [5.41, 5.74) is 5.05. The molecule has 0 heterocycles. The standard InChI is InChI=1S/C19H39NO3/c1-16(2)12-9-7-5-3-4-6-8-10-13-17(21)18(22)14-11-15-19(20)23/h16-18,21-22H,3-15H2,1-2H3,(H2,20,23). The first-order valence-electron chi connectivity index (χ1n) is 9.58. The highest BCUT2D eigenvalue weighted by Crippen LogP contribution is 2.15. The second-order valence-electron chi connectivity index (χ2n) is 7.29. The van der Waals surface area contributed by atoms with Crippen LogP contribution in [0.3, 0.4) is 0 Å². The zero-order valence-corrected chi connectivity index (χ0v) is 15.3. The van der Waals surface area contributed by atoms with Crippen LogP contribution < -0.4 is 5.73 Å². The van der Waals surface area contributed by atoms with Crippen molar-refractivity contribution in [1.82, 2.24) is 0 Å². The Labute approximate surface area is 142 Å². The number of rotatable bonds is 16. The van der Waals surface area contributed by atoms with Gasteiger partial charge in [0.1, 0.15) is 0 Å². The Bertz CT molecular complexity index is 282. The SMILES string of the molecule is CC(C)CCCCCCCCCCC(O)C(O)CCCC(N)=O. The Morgan fingerprint density at radius 1 is 0.739 bits per heavy atom. The Morgan fingerprint density at radius 3 is 1.57 bits per heavy atom. The quantitative estimate of drug-likeness (QED) is 0.375. The molecule has 0 aliphatic rings. The summed E-state index contributed by atoms with van der Waals surface area (Å²) in [5.74, 6) is 0.475. The van der Waals surface area contributed by atoms with Gasteiger partial charge in [0.05, 0.1) is 12.2 Å². The number of unbranched alkanes of at least 4 members (excludes halogenated alkanes) is 7. The van der Waals surface area contributed by atoms with Crippen molar-refractivity contribution in [2.45, 2.75) is 110 Å². The molecule has 0 fully saturated rings. The molecular formula is C19H39NO3. The van der Waals surface area contributed by atoms with E-state index in [0.29, 0.717) is 19.3 Å². The Hall–Kier alpha value is -0.610. The maximum absolute atomic E-state index is 10.6. The van der Waals surface area contributed by atoms with Gasteiger partial charge in [-0.3, -0.25) is 4.79 Å². The number of aliphatic hydroxyl groups excluding tert-OH is 2. The zero-order chi connectivity index (χ0) is 17.5. The molecule has 0 aromatic rings. The van der Waals surface area contributed by atoms with Crippen LogP contribution in [0.25, 0.3) is 0 Å². The summed E-state index contributed by atoms with van der Waals surface area (Å²) in [6.07, 6.45) is 11.8. The van der Waals surface area contributed by atoms with Gasteiger partial charge in [0.25, 0.3) is 0 Å². The molecule has 0 aliphatic heterocycles. The number of hydrogen-bond acceptors (Lipinski definition) is 3. The second-order valence-corrected chi connectivity index (χ2v) is 7.29. The van der Waals surface area contributed by atoms with Crippen LogP contribution in [0.4, 0.5) is 0 Å². The van der Waals surface area contributed by atoms with Crippen molar-refractivity contribution in [1.29, 1.82) is 0 Å². The van der Waals surface area contributed by atoms with E-state index >= 15 is 0 Å². The fourth-order valence-electron chi connectivity index (χ4n) is 2.84. The minimum Gasteiger partial charge on any atom is -0.390 e. The molecule has 0 aromatic carbocycles. The Kier molecular flexibility index (Phi) is 14.6. The first-order valence-corrected chi connectivity index (χ1v) is 9.58. The second kappa shape index (κ2) is 14.9. The molecule has 0 saturated carbocycles. The normalized spacial score (nSPS) is 14.1. The largest absolute Gasteiger partial charge is 0.390 e. The average Bonchev–Trinajstić information content (AvgIpc) is 2.48. The molecule has 0 radical (unpaired) electrons. The van der Waals surface area contributed by atoms with E-state index in [1.165, 1.54) is 44.9 Å². The fourth-order valence-corrected chi connectivity index (χ4v) is 2.84. The van der Waals surface area contributed by atoms with Crippen LogP contribution in [0.2, 0.25) is 0 Å². The highest BCUT2D eigenvalue weighted by Gasteiger charge is 2.15. The van der Waals surface area contributed by atoms with Gasteiger partial charge in [0.2, 0.25) is 5.91 Å². The van der Waals surface area contributed by atoms with Gasteiger partial charge in [-0.05, 0) is 25.2 Å². The smallest absolute Gasteiger partial charge is 0.217 e. The summed E-state index contributed by atoms with van der Waals surface area (Å²) in [5, 5.41) is 19.7. The van der Waals surface area contributed by atoms with Crippen LogP contribution in [0.5, 0.6) is 0 Å². The highest BCUT2D eigenvalue weighted by atomic mass is 16.3. The maximum Gasteiger partial charge on any atom is 0.217 e. The molecule has 4 heteroatoms. The lowest BCUT2D eigenvalue weighted by Crippen LogP contribution is -2.26. The topological polar surface area (TPSA) is 83.6 Å². The molecule has 1 amide bonds. The fraction of sp³-hybridized carbons (Fsp3) is 0.947. The first-order chi connectivity index (χ1) is 10.9. The first kappa shape index (κ1) is 22.4. The van der Waals surface area contributed by atoms with Gasteiger partial charge < -0.3 is 15.9 Å². The van der Waals surface area contributed by atoms with E-state index in [2.05, 4.69) is 13.8 Å². The lowest BCUT2D eigenvalue weighted by molar-refractivity contribution is -0.118. The lowest BCUT2D eigenvalue weighted by Gasteiger charge is -2.17. The molecule has 23 heavy (non-hydrogen) atoms. The van der Waals surface area contributed by atoms with Crippen molar-refractivity contribution in [3.8, 4) is 0 Å². The predicted molar refractivity (Wildman–Crippen MR) is 96.1 cm³/mol.